The van der Waals surface area contributed by atoms with Crippen LogP contribution >= 0.6 is 11.6 Å². The number of hydrogen-bond donors (Lipinski definition) is 1. The highest BCUT2D eigenvalue weighted by Gasteiger charge is 2.33. The second-order valence-corrected chi connectivity index (χ2v) is 9.52. The van der Waals surface area contributed by atoms with Crippen LogP contribution in [0.3, 0.4) is 0 Å². The quantitative estimate of drug-likeness (QED) is 0.587. The second-order valence-electron chi connectivity index (χ2n) is 7.17. The first kappa shape index (κ1) is 22.6. The highest BCUT2D eigenvalue weighted by Crippen LogP contribution is 2.30. The summed E-state index contributed by atoms with van der Waals surface area (Å²) in [6.07, 6.45) is 7.41. The van der Waals surface area contributed by atoms with Crippen molar-refractivity contribution in [3.05, 3.63) is 41.9 Å². The Morgan fingerprint density at radius 2 is 2.23 bits per heavy atom. The summed E-state index contributed by atoms with van der Waals surface area (Å²) in [5.74, 6) is -0.0186. The number of sulfonamides is 1. The van der Waals surface area contributed by atoms with Crippen LogP contribution in [0, 0.1) is 5.92 Å². The van der Waals surface area contributed by atoms with Crippen LogP contribution in [0.15, 0.2) is 41.8 Å². The van der Waals surface area contributed by atoms with E-state index in [2.05, 4.69) is 10.3 Å². The Morgan fingerprint density at radius 1 is 1.40 bits per heavy atom. The van der Waals surface area contributed by atoms with Crippen molar-refractivity contribution in [2.24, 2.45) is 5.92 Å². The topological polar surface area (TPSA) is 93.5 Å². The predicted molar refractivity (Wildman–Crippen MR) is 114 cm³/mol. The first-order valence-corrected chi connectivity index (χ1v) is 11.9. The molecule has 0 aliphatic carbocycles. The lowest BCUT2D eigenvalue weighted by atomic mass is 9.99. The van der Waals surface area contributed by atoms with Gasteiger partial charge in [0.15, 0.2) is 0 Å². The Morgan fingerprint density at radius 3 is 2.93 bits per heavy atom. The van der Waals surface area contributed by atoms with Crippen molar-refractivity contribution in [1.82, 2.24) is 19.2 Å². The van der Waals surface area contributed by atoms with E-state index in [0.717, 1.165) is 13.0 Å². The zero-order valence-corrected chi connectivity index (χ0v) is 18.5. The molecule has 1 amide bonds. The number of hydrogen-bond acceptors (Lipinski definition) is 5. The van der Waals surface area contributed by atoms with Crippen LogP contribution in [0.2, 0.25) is 5.02 Å². The molecule has 1 aromatic carbocycles. The molecule has 2 heterocycles. The van der Waals surface area contributed by atoms with Crippen molar-refractivity contribution >= 4 is 27.5 Å². The SMILES string of the molecule is CCOc1ccc(S(=O)(=O)N2CCCC(C(=O)NCCCn3ccnc3)C2)cc1Cl. The van der Waals surface area contributed by atoms with Crippen LogP contribution < -0.4 is 10.1 Å². The van der Waals surface area contributed by atoms with Crippen molar-refractivity contribution in [3.8, 4) is 5.75 Å². The maximum atomic E-state index is 13.1. The van der Waals surface area contributed by atoms with Crippen LogP contribution in [-0.2, 0) is 21.4 Å². The minimum atomic E-state index is -3.73. The van der Waals surface area contributed by atoms with Gasteiger partial charge in [-0.05, 0) is 44.4 Å². The monoisotopic (exact) mass is 454 g/mol. The molecule has 1 N–H and O–H groups in total. The van der Waals surface area contributed by atoms with Gasteiger partial charge in [-0.25, -0.2) is 13.4 Å². The average molecular weight is 455 g/mol. The molecule has 0 saturated carbocycles. The Balaban J connectivity index is 1.57. The van der Waals surface area contributed by atoms with E-state index >= 15 is 0 Å². The molecule has 1 unspecified atom stereocenters. The molecular formula is C20H27ClN4O4S. The Hall–Kier alpha value is -2.10. The number of halogens is 1. The number of ether oxygens (including phenoxy) is 1. The fraction of sp³-hybridized carbons (Fsp3) is 0.500. The van der Waals surface area contributed by atoms with Crippen LogP contribution in [0.4, 0.5) is 0 Å². The molecule has 3 rings (SSSR count). The van der Waals surface area contributed by atoms with E-state index in [4.69, 9.17) is 16.3 Å². The lowest BCUT2D eigenvalue weighted by Gasteiger charge is -2.31. The van der Waals surface area contributed by atoms with Crippen molar-refractivity contribution in [2.75, 3.05) is 26.2 Å². The van der Waals surface area contributed by atoms with Gasteiger partial charge in [0.2, 0.25) is 15.9 Å². The Kier molecular flexibility index (Phi) is 7.74. The van der Waals surface area contributed by atoms with Gasteiger partial charge in [0, 0.05) is 38.6 Å². The first-order valence-electron chi connectivity index (χ1n) is 10.1. The van der Waals surface area contributed by atoms with E-state index < -0.39 is 10.0 Å². The summed E-state index contributed by atoms with van der Waals surface area (Å²) < 4.78 is 34.8. The lowest BCUT2D eigenvalue weighted by Crippen LogP contribution is -2.45. The maximum absolute atomic E-state index is 13.1. The minimum absolute atomic E-state index is 0.106. The third kappa shape index (κ3) is 5.53. The van der Waals surface area contributed by atoms with Gasteiger partial charge in [-0.1, -0.05) is 11.6 Å². The maximum Gasteiger partial charge on any atom is 0.243 e. The molecule has 164 valence electrons. The fourth-order valence-electron chi connectivity index (χ4n) is 3.47. The van der Waals surface area contributed by atoms with Crippen molar-refractivity contribution in [1.29, 1.82) is 0 Å². The number of rotatable bonds is 9. The van der Waals surface area contributed by atoms with Gasteiger partial charge >= 0.3 is 0 Å². The summed E-state index contributed by atoms with van der Waals surface area (Å²) in [4.78, 5) is 16.6. The molecule has 0 radical (unpaired) electrons. The van der Waals surface area contributed by atoms with E-state index in [1.165, 1.54) is 16.4 Å². The Bertz CT molecular complexity index is 950. The molecule has 1 atom stereocenters. The van der Waals surface area contributed by atoms with Gasteiger partial charge in [0.05, 0.1) is 28.8 Å². The third-order valence-corrected chi connectivity index (χ3v) is 7.20. The zero-order valence-electron chi connectivity index (χ0n) is 17.0. The number of nitrogens with one attached hydrogen (secondary N) is 1. The molecule has 30 heavy (non-hydrogen) atoms. The molecule has 1 aliphatic heterocycles. The van der Waals surface area contributed by atoms with Crippen molar-refractivity contribution < 1.29 is 17.9 Å². The number of aryl methyl sites for hydroxylation is 1. The molecule has 10 heteroatoms. The van der Waals surface area contributed by atoms with Gasteiger partial charge in [-0.2, -0.15) is 4.31 Å². The zero-order chi connectivity index (χ0) is 21.6. The van der Waals surface area contributed by atoms with Crippen LogP contribution in [0.5, 0.6) is 5.75 Å². The molecule has 1 fully saturated rings. The molecule has 2 aromatic rings. The molecule has 1 saturated heterocycles. The van der Waals surface area contributed by atoms with Crippen LogP contribution in [-0.4, -0.2) is 54.4 Å². The Labute approximate surface area is 182 Å². The molecule has 0 spiro atoms. The number of nitrogens with zero attached hydrogens (tertiary/aromatic N) is 3. The number of imidazole rings is 1. The van der Waals surface area contributed by atoms with Crippen molar-refractivity contribution in [3.63, 3.8) is 0 Å². The number of benzene rings is 1. The summed E-state index contributed by atoms with van der Waals surface area (Å²) in [5.41, 5.74) is 0. The number of carbonyl (C=O) groups is 1. The average Bonchev–Trinajstić information content (AvgIpc) is 3.26. The summed E-state index contributed by atoms with van der Waals surface area (Å²) in [6, 6.07) is 4.46. The van der Waals surface area contributed by atoms with Crippen molar-refractivity contribution in [2.45, 2.75) is 37.6 Å². The predicted octanol–water partition coefficient (Wildman–Crippen LogP) is 2.54. The van der Waals surface area contributed by atoms with E-state index in [-0.39, 0.29) is 28.3 Å². The van der Waals surface area contributed by atoms with Gasteiger partial charge in [0.25, 0.3) is 0 Å². The molecular weight excluding hydrogens is 428 g/mol. The van der Waals surface area contributed by atoms with Crippen LogP contribution in [0.25, 0.3) is 0 Å². The summed E-state index contributed by atoms with van der Waals surface area (Å²) >= 11 is 6.16. The van der Waals surface area contributed by atoms with Gasteiger partial charge in [0.1, 0.15) is 5.75 Å². The third-order valence-electron chi connectivity index (χ3n) is 5.05. The number of aromatic nitrogens is 2. The number of piperidine rings is 1. The van der Waals surface area contributed by atoms with E-state index in [1.54, 1.807) is 18.6 Å². The van der Waals surface area contributed by atoms with E-state index in [0.29, 0.717) is 38.3 Å². The highest BCUT2D eigenvalue weighted by atomic mass is 35.5. The normalized spacial score (nSPS) is 17.6. The minimum Gasteiger partial charge on any atom is -0.492 e. The number of amides is 1. The molecule has 1 aliphatic rings. The van der Waals surface area contributed by atoms with Gasteiger partial charge in [-0.15, -0.1) is 0 Å². The molecule has 8 nitrogen and oxygen atoms in total. The van der Waals surface area contributed by atoms with Crippen LogP contribution in [0.1, 0.15) is 26.2 Å². The smallest absolute Gasteiger partial charge is 0.243 e. The highest BCUT2D eigenvalue weighted by molar-refractivity contribution is 7.89. The molecule has 0 bridgehead atoms. The first-order chi connectivity index (χ1) is 14.4. The second kappa shape index (κ2) is 10.3. The number of carbonyl (C=O) groups excluding carboxylic acids is 1. The van der Waals surface area contributed by atoms with E-state index in [1.807, 2.05) is 17.7 Å². The molecule has 1 aromatic heterocycles. The largest absolute Gasteiger partial charge is 0.492 e. The standard InChI is InChI=1S/C20H27ClN4O4S/c1-2-29-19-7-6-17(13-18(19)21)30(27,28)25-11-3-5-16(14-25)20(26)23-8-4-10-24-12-9-22-15-24/h6-7,9,12-13,15-16H,2-5,8,10-11,14H2,1H3,(H,23,26). The lowest BCUT2D eigenvalue weighted by molar-refractivity contribution is -0.126. The van der Waals surface area contributed by atoms with Gasteiger partial charge in [-0.3, -0.25) is 4.79 Å². The summed E-state index contributed by atoms with van der Waals surface area (Å²) in [7, 11) is -3.73. The van der Waals surface area contributed by atoms with Gasteiger partial charge < -0.3 is 14.6 Å². The fourth-order valence-corrected chi connectivity index (χ4v) is 5.33. The summed E-state index contributed by atoms with van der Waals surface area (Å²) in [5, 5.41) is 3.18. The van der Waals surface area contributed by atoms with E-state index in [9.17, 15) is 13.2 Å². The summed E-state index contributed by atoms with van der Waals surface area (Å²) in [6.45, 7) is 4.13.